The van der Waals surface area contributed by atoms with Crippen LogP contribution in [0.5, 0.6) is 0 Å². The van der Waals surface area contributed by atoms with Gasteiger partial charge in [-0.05, 0) is 49.4 Å². The lowest BCUT2D eigenvalue weighted by molar-refractivity contribution is -0.123. The van der Waals surface area contributed by atoms with Crippen molar-refractivity contribution in [2.75, 3.05) is 5.32 Å². The molecular formula is C17H14FN3O3. The van der Waals surface area contributed by atoms with Gasteiger partial charge in [-0.1, -0.05) is 0 Å². The van der Waals surface area contributed by atoms with Gasteiger partial charge in [0.2, 0.25) is 0 Å². The number of aromatic amines is 1. The number of esters is 1. The molecule has 1 aromatic heterocycles. The molecule has 0 radical (unpaired) electrons. The topological polar surface area (TPSA) is 84.1 Å². The summed E-state index contributed by atoms with van der Waals surface area (Å²) in [5.41, 5.74) is 2.16. The van der Waals surface area contributed by atoms with Crippen molar-refractivity contribution in [2.45, 2.75) is 13.0 Å². The first-order chi connectivity index (χ1) is 11.5. The molecule has 0 bridgehead atoms. The highest BCUT2D eigenvalue weighted by molar-refractivity contribution is 5.98. The van der Waals surface area contributed by atoms with Crippen LogP contribution < -0.4 is 5.32 Å². The molecule has 1 heterocycles. The van der Waals surface area contributed by atoms with Crippen LogP contribution in [0.2, 0.25) is 0 Å². The molecule has 0 saturated heterocycles. The quantitative estimate of drug-likeness (QED) is 0.722. The first-order valence-electron chi connectivity index (χ1n) is 7.23. The molecule has 1 atom stereocenters. The van der Waals surface area contributed by atoms with E-state index in [1.807, 2.05) is 0 Å². The zero-order valence-corrected chi connectivity index (χ0v) is 12.7. The first kappa shape index (κ1) is 15.7. The largest absolute Gasteiger partial charge is 0.449 e. The van der Waals surface area contributed by atoms with Crippen LogP contribution in [0.4, 0.5) is 10.1 Å². The number of carbonyl (C=O) groups is 2. The van der Waals surface area contributed by atoms with Gasteiger partial charge in [0.25, 0.3) is 5.91 Å². The molecule has 0 aliphatic heterocycles. The fraction of sp³-hybridized carbons (Fsp3) is 0.118. The Kier molecular flexibility index (Phi) is 4.24. The van der Waals surface area contributed by atoms with Crippen molar-refractivity contribution >= 4 is 28.6 Å². The number of aromatic nitrogens is 2. The van der Waals surface area contributed by atoms with Crippen molar-refractivity contribution in [3.05, 3.63) is 60.2 Å². The number of nitrogens with one attached hydrogen (secondary N) is 2. The number of hydrogen-bond acceptors (Lipinski definition) is 4. The van der Waals surface area contributed by atoms with Gasteiger partial charge in [0.1, 0.15) is 5.82 Å². The smallest absolute Gasteiger partial charge is 0.338 e. The minimum absolute atomic E-state index is 0.313. The van der Waals surface area contributed by atoms with E-state index in [1.54, 1.807) is 18.2 Å². The van der Waals surface area contributed by atoms with E-state index in [0.29, 0.717) is 16.8 Å². The van der Waals surface area contributed by atoms with Gasteiger partial charge in [-0.2, -0.15) is 0 Å². The maximum Gasteiger partial charge on any atom is 0.338 e. The molecule has 3 aromatic rings. The highest BCUT2D eigenvalue weighted by Crippen LogP contribution is 2.14. The molecule has 122 valence electrons. The number of hydrogen-bond donors (Lipinski definition) is 2. The summed E-state index contributed by atoms with van der Waals surface area (Å²) in [4.78, 5) is 31.1. The molecule has 0 spiro atoms. The number of H-pyrrole nitrogens is 1. The van der Waals surface area contributed by atoms with Crippen molar-refractivity contribution in [1.29, 1.82) is 0 Å². The Morgan fingerprint density at radius 2 is 1.96 bits per heavy atom. The van der Waals surface area contributed by atoms with Crippen molar-refractivity contribution in [1.82, 2.24) is 9.97 Å². The van der Waals surface area contributed by atoms with E-state index in [9.17, 15) is 14.0 Å². The maximum atomic E-state index is 12.8. The van der Waals surface area contributed by atoms with Gasteiger partial charge < -0.3 is 15.0 Å². The highest BCUT2D eigenvalue weighted by atomic mass is 19.1. The Balaban J connectivity index is 1.64. The molecule has 24 heavy (non-hydrogen) atoms. The fourth-order valence-corrected chi connectivity index (χ4v) is 2.12. The third kappa shape index (κ3) is 3.40. The monoisotopic (exact) mass is 327 g/mol. The lowest BCUT2D eigenvalue weighted by atomic mass is 10.2. The molecule has 1 unspecified atom stereocenters. The molecular weight excluding hydrogens is 313 g/mol. The number of fused-ring (bicyclic) bond motifs is 1. The lowest BCUT2D eigenvalue weighted by Gasteiger charge is -2.13. The van der Waals surface area contributed by atoms with Gasteiger partial charge in [0.15, 0.2) is 6.10 Å². The number of carbonyl (C=O) groups excluding carboxylic acids is 2. The normalized spacial score (nSPS) is 11.9. The van der Waals surface area contributed by atoms with Crippen molar-refractivity contribution < 1.29 is 18.7 Å². The zero-order valence-electron chi connectivity index (χ0n) is 12.7. The molecule has 1 amide bonds. The number of nitrogens with zero attached hydrogens (tertiary/aromatic N) is 1. The summed E-state index contributed by atoms with van der Waals surface area (Å²) in [6, 6.07) is 10.2. The predicted octanol–water partition coefficient (Wildman–Crippen LogP) is 2.89. The molecule has 0 saturated carbocycles. The summed E-state index contributed by atoms with van der Waals surface area (Å²) in [5, 5.41) is 2.55. The Morgan fingerprint density at radius 1 is 1.21 bits per heavy atom. The van der Waals surface area contributed by atoms with E-state index >= 15 is 0 Å². The van der Waals surface area contributed by atoms with Gasteiger partial charge >= 0.3 is 5.97 Å². The van der Waals surface area contributed by atoms with Gasteiger partial charge in [-0.25, -0.2) is 14.2 Å². The van der Waals surface area contributed by atoms with Gasteiger partial charge in [-0.15, -0.1) is 0 Å². The van der Waals surface area contributed by atoms with E-state index in [4.69, 9.17) is 4.74 Å². The maximum absolute atomic E-state index is 12.8. The molecule has 2 N–H and O–H groups in total. The van der Waals surface area contributed by atoms with Crippen molar-refractivity contribution in [3.63, 3.8) is 0 Å². The summed E-state index contributed by atoms with van der Waals surface area (Å²) in [6.07, 6.45) is 0.526. The van der Waals surface area contributed by atoms with Crippen molar-refractivity contribution in [3.8, 4) is 0 Å². The van der Waals surface area contributed by atoms with Crippen LogP contribution in [0.3, 0.4) is 0 Å². The summed E-state index contributed by atoms with van der Waals surface area (Å²) in [7, 11) is 0. The second-order valence-electron chi connectivity index (χ2n) is 5.18. The molecule has 0 fully saturated rings. The third-order valence-electron chi connectivity index (χ3n) is 3.42. The summed E-state index contributed by atoms with van der Waals surface area (Å²) in [6.45, 7) is 1.46. The van der Waals surface area contributed by atoms with Gasteiger partial charge in [-0.3, -0.25) is 4.79 Å². The van der Waals surface area contributed by atoms with E-state index in [-0.39, 0.29) is 0 Å². The number of halogens is 1. The summed E-state index contributed by atoms with van der Waals surface area (Å²) < 4.78 is 18.0. The minimum atomic E-state index is -1.000. The van der Waals surface area contributed by atoms with Crippen LogP contribution in [-0.4, -0.2) is 27.9 Å². The molecule has 6 nitrogen and oxygen atoms in total. The Bertz CT molecular complexity index is 889. The predicted molar refractivity (Wildman–Crippen MR) is 86.0 cm³/mol. The zero-order chi connectivity index (χ0) is 17.1. The average molecular weight is 327 g/mol. The number of amides is 1. The fourth-order valence-electron chi connectivity index (χ4n) is 2.12. The highest BCUT2D eigenvalue weighted by Gasteiger charge is 2.19. The van der Waals surface area contributed by atoms with Gasteiger partial charge in [0.05, 0.1) is 22.9 Å². The number of ether oxygens (including phenoxy) is 1. The molecule has 0 aliphatic carbocycles. The van der Waals surface area contributed by atoms with E-state index in [1.165, 1.54) is 37.5 Å². The number of anilines is 1. The number of benzene rings is 2. The standard InChI is InChI=1S/C17H14FN3O3/c1-10(16(22)21-13-5-3-12(18)4-6-13)24-17(23)11-2-7-14-15(8-11)20-9-19-14/h2-10H,1H3,(H,19,20)(H,21,22). The van der Waals surface area contributed by atoms with Crippen LogP contribution in [-0.2, 0) is 9.53 Å². The second-order valence-corrected chi connectivity index (χ2v) is 5.18. The SMILES string of the molecule is CC(OC(=O)c1ccc2nc[nH]c2c1)C(=O)Nc1ccc(F)cc1. The first-order valence-corrected chi connectivity index (χ1v) is 7.23. The van der Waals surface area contributed by atoms with E-state index < -0.39 is 23.8 Å². The van der Waals surface area contributed by atoms with Crippen LogP contribution in [0, 0.1) is 5.82 Å². The van der Waals surface area contributed by atoms with Crippen LogP contribution in [0.15, 0.2) is 48.8 Å². The Morgan fingerprint density at radius 3 is 2.71 bits per heavy atom. The van der Waals surface area contributed by atoms with Crippen molar-refractivity contribution in [2.24, 2.45) is 0 Å². The Labute approximate surface area is 136 Å². The molecule has 7 heteroatoms. The summed E-state index contributed by atoms with van der Waals surface area (Å²) >= 11 is 0. The summed E-state index contributed by atoms with van der Waals surface area (Å²) in [5.74, 6) is -1.52. The average Bonchev–Trinajstić information content (AvgIpc) is 3.04. The molecule has 0 aliphatic rings. The van der Waals surface area contributed by atoms with Crippen LogP contribution in [0.1, 0.15) is 17.3 Å². The minimum Gasteiger partial charge on any atom is -0.449 e. The number of rotatable bonds is 4. The molecule has 2 aromatic carbocycles. The molecule has 3 rings (SSSR count). The van der Waals surface area contributed by atoms with E-state index in [2.05, 4.69) is 15.3 Å². The third-order valence-corrected chi connectivity index (χ3v) is 3.42. The van der Waals surface area contributed by atoms with Crippen LogP contribution >= 0.6 is 0 Å². The lowest BCUT2D eigenvalue weighted by Crippen LogP contribution is -2.30. The second kappa shape index (κ2) is 6.49. The number of imidazole rings is 1. The van der Waals surface area contributed by atoms with Crippen LogP contribution in [0.25, 0.3) is 11.0 Å². The van der Waals surface area contributed by atoms with E-state index in [0.717, 1.165) is 5.52 Å². The van der Waals surface area contributed by atoms with Gasteiger partial charge in [0, 0.05) is 5.69 Å². The Hall–Kier alpha value is -3.22.